The maximum atomic E-state index is 12.8. The lowest BCUT2D eigenvalue weighted by Crippen LogP contribution is -2.35. The van der Waals surface area contributed by atoms with E-state index in [9.17, 15) is 14.3 Å². The fourth-order valence-corrected chi connectivity index (χ4v) is 1.86. The van der Waals surface area contributed by atoms with Crippen molar-refractivity contribution in [3.05, 3.63) is 60.1 Å². The summed E-state index contributed by atoms with van der Waals surface area (Å²) in [4.78, 5) is 16.1. The molecule has 0 aliphatic carbocycles. The van der Waals surface area contributed by atoms with Gasteiger partial charge < -0.3 is 15.7 Å². The van der Waals surface area contributed by atoms with E-state index in [2.05, 4.69) is 15.6 Å². The van der Waals surface area contributed by atoms with Crippen molar-refractivity contribution < 1.29 is 14.3 Å². The van der Waals surface area contributed by atoms with Gasteiger partial charge in [0.25, 0.3) is 0 Å². The number of benzene rings is 1. The van der Waals surface area contributed by atoms with Crippen LogP contribution in [0.5, 0.6) is 0 Å². The fraction of sp³-hybridized carbons (Fsp3) is 0.222. The molecule has 24 heavy (non-hydrogen) atoms. The van der Waals surface area contributed by atoms with Crippen LogP contribution in [-0.2, 0) is 4.79 Å². The summed E-state index contributed by atoms with van der Waals surface area (Å²) >= 11 is 0. The number of hydrogen-bond acceptors (Lipinski definition) is 4. The van der Waals surface area contributed by atoms with Crippen LogP contribution in [0, 0.1) is 5.82 Å². The van der Waals surface area contributed by atoms with Gasteiger partial charge in [0.1, 0.15) is 11.6 Å². The lowest BCUT2D eigenvalue weighted by Gasteiger charge is -2.24. The number of halogens is 1. The molecule has 0 aliphatic heterocycles. The molecule has 1 aromatic heterocycles. The molecule has 0 radical (unpaired) electrons. The van der Waals surface area contributed by atoms with E-state index in [1.807, 2.05) is 13.8 Å². The molecular weight excluding hydrogens is 309 g/mol. The Bertz CT molecular complexity index is 710. The predicted molar refractivity (Wildman–Crippen MR) is 93.1 cm³/mol. The standard InChI is InChI=1S/C18H20FN3O2/c1-18(2,12-23)22-16-9-8-15(11-20-16)21-17(24)10-5-13-3-6-14(19)7-4-13/h3-11,23H,12H2,1-2H3,(H,20,22)(H,21,24)/b10-5+. The van der Waals surface area contributed by atoms with Gasteiger partial charge in [0.2, 0.25) is 5.91 Å². The largest absolute Gasteiger partial charge is 0.394 e. The summed E-state index contributed by atoms with van der Waals surface area (Å²) in [5, 5.41) is 15.0. The van der Waals surface area contributed by atoms with Crippen molar-refractivity contribution in [1.82, 2.24) is 4.98 Å². The van der Waals surface area contributed by atoms with E-state index >= 15 is 0 Å². The van der Waals surface area contributed by atoms with Crippen LogP contribution in [0.2, 0.25) is 0 Å². The van der Waals surface area contributed by atoms with Crippen molar-refractivity contribution in [2.24, 2.45) is 0 Å². The molecule has 0 bridgehead atoms. The summed E-state index contributed by atoms with van der Waals surface area (Å²) in [5.41, 5.74) is 0.807. The lowest BCUT2D eigenvalue weighted by atomic mass is 10.1. The third-order valence-corrected chi connectivity index (χ3v) is 3.19. The lowest BCUT2D eigenvalue weighted by molar-refractivity contribution is -0.111. The quantitative estimate of drug-likeness (QED) is 0.712. The molecule has 0 fully saturated rings. The number of anilines is 2. The molecule has 0 spiro atoms. The minimum Gasteiger partial charge on any atom is -0.394 e. The van der Waals surface area contributed by atoms with Crippen LogP contribution >= 0.6 is 0 Å². The molecule has 1 amide bonds. The van der Waals surface area contributed by atoms with E-state index in [0.29, 0.717) is 11.5 Å². The summed E-state index contributed by atoms with van der Waals surface area (Å²) in [7, 11) is 0. The molecule has 0 aliphatic rings. The van der Waals surface area contributed by atoms with Crippen LogP contribution in [0.15, 0.2) is 48.7 Å². The zero-order valence-corrected chi connectivity index (χ0v) is 13.6. The number of amides is 1. The number of nitrogens with one attached hydrogen (secondary N) is 2. The van der Waals surface area contributed by atoms with Gasteiger partial charge in [0.15, 0.2) is 0 Å². The maximum absolute atomic E-state index is 12.8. The third-order valence-electron chi connectivity index (χ3n) is 3.19. The van der Waals surface area contributed by atoms with E-state index in [0.717, 1.165) is 5.56 Å². The molecule has 0 unspecified atom stereocenters. The number of aliphatic hydroxyl groups excluding tert-OH is 1. The Kier molecular flexibility index (Phi) is 5.65. The number of rotatable bonds is 6. The van der Waals surface area contributed by atoms with Crippen LogP contribution in [0.1, 0.15) is 19.4 Å². The number of pyridine rings is 1. The summed E-state index contributed by atoms with van der Waals surface area (Å²) < 4.78 is 12.8. The Morgan fingerprint density at radius 3 is 2.54 bits per heavy atom. The maximum Gasteiger partial charge on any atom is 0.248 e. The fourth-order valence-electron chi connectivity index (χ4n) is 1.86. The average molecular weight is 329 g/mol. The second kappa shape index (κ2) is 7.70. The zero-order chi connectivity index (χ0) is 17.6. The van der Waals surface area contributed by atoms with Gasteiger partial charge in [0.05, 0.1) is 24.0 Å². The summed E-state index contributed by atoms with van der Waals surface area (Å²) in [5.74, 6) is -0.0211. The van der Waals surface area contributed by atoms with Crippen LogP contribution in [0.25, 0.3) is 6.08 Å². The highest BCUT2D eigenvalue weighted by Crippen LogP contribution is 2.15. The minimum atomic E-state index is -0.477. The van der Waals surface area contributed by atoms with Gasteiger partial charge in [-0.15, -0.1) is 0 Å². The van der Waals surface area contributed by atoms with Crippen LogP contribution < -0.4 is 10.6 Å². The smallest absolute Gasteiger partial charge is 0.248 e. The molecule has 1 aromatic carbocycles. The summed E-state index contributed by atoms with van der Waals surface area (Å²) in [6.07, 6.45) is 4.50. The number of aliphatic hydroxyl groups is 1. The average Bonchev–Trinajstić information content (AvgIpc) is 2.56. The molecule has 2 rings (SSSR count). The Balaban J connectivity index is 1.93. The third kappa shape index (κ3) is 5.48. The van der Waals surface area contributed by atoms with Crippen molar-refractivity contribution in [3.8, 4) is 0 Å². The molecular formula is C18H20FN3O2. The first-order valence-corrected chi connectivity index (χ1v) is 7.48. The van der Waals surface area contributed by atoms with Gasteiger partial charge in [0, 0.05) is 6.08 Å². The normalized spacial score (nSPS) is 11.5. The van der Waals surface area contributed by atoms with Crippen molar-refractivity contribution in [3.63, 3.8) is 0 Å². The van der Waals surface area contributed by atoms with E-state index < -0.39 is 5.54 Å². The van der Waals surface area contributed by atoms with Crippen molar-refractivity contribution in [2.45, 2.75) is 19.4 Å². The molecule has 0 atom stereocenters. The van der Waals surface area contributed by atoms with Crippen LogP contribution in [0.3, 0.4) is 0 Å². The van der Waals surface area contributed by atoms with E-state index in [-0.39, 0.29) is 18.3 Å². The molecule has 0 saturated carbocycles. The SMILES string of the molecule is CC(C)(CO)Nc1ccc(NC(=O)/C=C/c2ccc(F)cc2)cn1. The minimum absolute atomic E-state index is 0.0264. The Labute approximate surface area is 140 Å². The topological polar surface area (TPSA) is 74.2 Å². The molecule has 5 nitrogen and oxygen atoms in total. The first kappa shape index (κ1) is 17.6. The summed E-state index contributed by atoms with van der Waals surface area (Å²) in [6, 6.07) is 9.28. The second-order valence-electron chi connectivity index (χ2n) is 5.97. The van der Waals surface area contributed by atoms with Crippen molar-refractivity contribution in [1.29, 1.82) is 0 Å². The number of nitrogens with zero attached hydrogens (tertiary/aromatic N) is 1. The van der Waals surface area contributed by atoms with Gasteiger partial charge in [-0.05, 0) is 49.8 Å². The van der Waals surface area contributed by atoms with E-state index in [1.165, 1.54) is 24.4 Å². The highest BCUT2D eigenvalue weighted by atomic mass is 19.1. The van der Waals surface area contributed by atoms with Crippen molar-refractivity contribution in [2.75, 3.05) is 17.2 Å². The van der Waals surface area contributed by atoms with Gasteiger partial charge in [-0.1, -0.05) is 12.1 Å². The highest BCUT2D eigenvalue weighted by molar-refractivity contribution is 6.01. The van der Waals surface area contributed by atoms with Crippen LogP contribution in [-0.4, -0.2) is 28.1 Å². The number of carbonyl (C=O) groups is 1. The predicted octanol–water partition coefficient (Wildman–Crippen LogP) is 3.06. The molecule has 1 heterocycles. The number of hydrogen-bond donors (Lipinski definition) is 3. The number of carbonyl (C=O) groups excluding carboxylic acids is 1. The Morgan fingerprint density at radius 1 is 1.25 bits per heavy atom. The van der Waals surface area contributed by atoms with Crippen LogP contribution in [0.4, 0.5) is 15.9 Å². The van der Waals surface area contributed by atoms with Gasteiger partial charge >= 0.3 is 0 Å². The molecule has 6 heteroatoms. The Morgan fingerprint density at radius 2 is 1.96 bits per heavy atom. The second-order valence-corrected chi connectivity index (χ2v) is 5.97. The first-order chi connectivity index (χ1) is 11.4. The van der Waals surface area contributed by atoms with Gasteiger partial charge in [-0.25, -0.2) is 9.37 Å². The van der Waals surface area contributed by atoms with E-state index in [1.54, 1.807) is 30.3 Å². The van der Waals surface area contributed by atoms with Gasteiger partial charge in [-0.2, -0.15) is 0 Å². The Hall–Kier alpha value is -2.73. The highest BCUT2D eigenvalue weighted by Gasteiger charge is 2.15. The molecule has 126 valence electrons. The number of aromatic nitrogens is 1. The monoisotopic (exact) mass is 329 g/mol. The molecule has 2 aromatic rings. The molecule has 0 saturated heterocycles. The first-order valence-electron chi connectivity index (χ1n) is 7.48. The molecule has 3 N–H and O–H groups in total. The van der Waals surface area contributed by atoms with E-state index in [4.69, 9.17) is 0 Å². The zero-order valence-electron chi connectivity index (χ0n) is 13.6. The van der Waals surface area contributed by atoms with Crippen molar-refractivity contribution >= 4 is 23.5 Å². The van der Waals surface area contributed by atoms with Gasteiger partial charge in [-0.3, -0.25) is 4.79 Å². The summed E-state index contributed by atoms with van der Waals surface area (Å²) in [6.45, 7) is 3.68.